The molecule has 3 rings (SSSR count). The minimum atomic E-state index is 0.495. The summed E-state index contributed by atoms with van der Waals surface area (Å²) in [6.45, 7) is 1.15. The van der Waals surface area contributed by atoms with E-state index >= 15 is 0 Å². The minimum Gasteiger partial charge on any atom is -0.497 e. The average molecular weight is 245 g/mol. The maximum atomic E-state index is 5.33. The second kappa shape index (κ2) is 4.58. The van der Waals surface area contributed by atoms with Crippen LogP contribution >= 0.6 is 0 Å². The normalized spacial score (nSPS) is 33.2. The van der Waals surface area contributed by atoms with Gasteiger partial charge in [-0.05, 0) is 67.7 Å². The first kappa shape index (κ1) is 12.0. The fourth-order valence-corrected chi connectivity index (χ4v) is 3.95. The van der Waals surface area contributed by atoms with E-state index in [1.54, 1.807) is 7.11 Å². The summed E-state index contributed by atoms with van der Waals surface area (Å²) in [4.78, 5) is 0. The summed E-state index contributed by atoms with van der Waals surface area (Å²) in [7, 11) is 3.82. The van der Waals surface area contributed by atoms with Crippen molar-refractivity contribution in [1.82, 2.24) is 5.32 Å². The van der Waals surface area contributed by atoms with E-state index in [1.807, 2.05) is 6.07 Å². The first-order valence-electron chi connectivity index (χ1n) is 7.02. The lowest BCUT2D eigenvalue weighted by atomic mass is 9.77. The number of hydrogen-bond acceptors (Lipinski definition) is 2. The van der Waals surface area contributed by atoms with Gasteiger partial charge in [0.2, 0.25) is 0 Å². The lowest BCUT2D eigenvalue weighted by Gasteiger charge is -2.31. The van der Waals surface area contributed by atoms with Crippen LogP contribution in [0.2, 0.25) is 0 Å². The van der Waals surface area contributed by atoms with Crippen LogP contribution in [-0.2, 0) is 6.42 Å². The summed E-state index contributed by atoms with van der Waals surface area (Å²) in [6.07, 6.45) is 5.51. The van der Waals surface area contributed by atoms with Crippen LogP contribution in [0.1, 0.15) is 24.8 Å². The van der Waals surface area contributed by atoms with Crippen molar-refractivity contribution < 1.29 is 4.74 Å². The highest BCUT2D eigenvalue weighted by atomic mass is 16.5. The highest BCUT2D eigenvalue weighted by Gasteiger charge is 2.53. The Balaban J connectivity index is 1.75. The van der Waals surface area contributed by atoms with E-state index in [1.165, 1.54) is 31.2 Å². The Labute approximate surface area is 110 Å². The van der Waals surface area contributed by atoms with Crippen molar-refractivity contribution in [3.05, 3.63) is 29.8 Å². The van der Waals surface area contributed by atoms with Gasteiger partial charge in [0.15, 0.2) is 0 Å². The maximum absolute atomic E-state index is 5.33. The van der Waals surface area contributed by atoms with Gasteiger partial charge in [0.25, 0.3) is 0 Å². The van der Waals surface area contributed by atoms with E-state index in [0.29, 0.717) is 5.41 Å². The molecule has 0 saturated heterocycles. The van der Waals surface area contributed by atoms with E-state index in [4.69, 9.17) is 4.74 Å². The summed E-state index contributed by atoms with van der Waals surface area (Å²) >= 11 is 0. The van der Waals surface area contributed by atoms with Crippen LogP contribution in [0, 0.1) is 17.3 Å². The predicted molar refractivity (Wildman–Crippen MR) is 73.9 cm³/mol. The number of fused-ring (bicyclic) bond motifs is 1. The summed E-state index contributed by atoms with van der Waals surface area (Å²) < 4.78 is 5.33. The lowest BCUT2D eigenvalue weighted by molar-refractivity contribution is 0.255. The number of benzene rings is 1. The van der Waals surface area contributed by atoms with Crippen LogP contribution in [-0.4, -0.2) is 20.7 Å². The quantitative estimate of drug-likeness (QED) is 0.861. The molecule has 0 bridgehead atoms. The molecule has 2 atom stereocenters. The van der Waals surface area contributed by atoms with Gasteiger partial charge >= 0.3 is 0 Å². The molecule has 0 amide bonds. The topological polar surface area (TPSA) is 21.3 Å². The van der Waals surface area contributed by atoms with Gasteiger partial charge < -0.3 is 10.1 Å². The molecule has 2 nitrogen and oxygen atoms in total. The molecule has 0 heterocycles. The monoisotopic (exact) mass is 245 g/mol. The third-order valence-corrected chi connectivity index (χ3v) is 4.72. The molecular formula is C16H23NO. The highest BCUT2D eigenvalue weighted by Crippen LogP contribution is 2.60. The molecule has 2 aliphatic carbocycles. The second-order valence-electron chi connectivity index (χ2n) is 6.22. The zero-order valence-electron chi connectivity index (χ0n) is 11.4. The highest BCUT2D eigenvalue weighted by molar-refractivity contribution is 5.29. The molecule has 2 unspecified atom stereocenters. The zero-order valence-corrected chi connectivity index (χ0v) is 11.4. The van der Waals surface area contributed by atoms with Gasteiger partial charge in [-0.25, -0.2) is 0 Å². The van der Waals surface area contributed by atoms with Crippen molar-refractivity contribution >= 4 is 0 Å². The molecule has 1 N–H and O–H groups in total. The first-order chi connectivity index (χ1) is 8.74. The molecule has 2 heteroatoms. The standard InChI is InChI=1S/C16H23NO/c1-17-11-16(9-13-7-14(13)10-16)8-12-4-3-5-15(6-12)18-2/h3-6,13-14,17H,7-11H2,1-2H3. The third-order valence-electron chi connectivity index (χ3n) is 4.72. The van der Waals surface area contributed by atoms with Crippen LogP contribution in [0.3, 0.4) is 0 Å². The molecule has 1 aromatic carbocycles. The molecule has 2 saturated carbocycles. The van der Waals surface area contributed by atoms with E-state index < -0.39 is 0 Å². The fraction of sp³-hybridized carbons (Fsp3) is 0.625. The van der Waals surface area contributed by atoms with Gasteiger partial charge in [0.1, 0.15) is 5.75 Å². The minimum absolute atomic E-state index is 0.495. The molecule has 2 fully saturated rings. The van der Waals surface area contributed by atoms with Gasteiger partial charge in [0, 0.05) is 6.54 Å². The summed E-state index contributed by atoms with van der Waals surface area (Å²) in [6, 6.07) is 8.57. The molecule has 0 spiro atoms. The van der Waals surface area contributed by atoms with Crippen LogP contribution in [0.5, 0.6) is 5.75 Å². The van der Waals surface area contributed by atoms with E-state index in [-0.39, 0.29) is 0 Å². The number of hydrogen-bond donors (Lipinski definition) is 1. The van der Waals surface area contributed by atoms with Gasteiger partial charge in [-0.2, -0.15) is 0 Å². The van der Waals surface area contributed by atoms with E-state index in [0.717, 1.165) is 24.1 Å². The molecule has 0 aromatic heterocycles. The molecule has 1 aromatic rings. The van der Waals surface area contributed by atoms with Gasteiger partial charge in [0.05, 0.1) is 7.11 Å². The third kappa shape index (κ3) is 2.26. The van der Waals surface area contributed by atoms with Crippen LogP contribution in [0.4, 0.5) is 0 Å². The van der Waals surface area contributed by atoms with Gasteiger partial charge in [-0.3, -0.25) is 0 Å². The molecular weight excluding hydrogens is 222 g/mol. The first-order valence-corrected chi connectivity index (χ1v) is 7.02. The van der Waals surface area contributed by atoms with Gasteiger partial charge in [-0.1, -0.05) is 12.1 Å². The van der Waals surface area contributed by atoms with Crippen LogP contribution in [0.15, 0.2) is 24.3 Å². The van der Waals surface area contributed by atoms with Crippen LogP contribution < -0.4 is 10.1 Å². The van der Waals surface area contributed by atoms with Crippen molar-refractivity contribution in [3.63, 3.8) is 0 Å². The smallest absolute Gasteiger partial charge is 0.119 e. The molecule has 0 aliphatic heterocycles. The van der Waals surface area contributed by atoms with Crippen molar-refractivity contribution in [2.75, 3.05) is 20.7 Å². The Morgan fingerprint density at radius 1 is 1.33 bits per heavy atom. The Kier molecular flexibility index (Phi) is 3.06. The number of methoxy groups -OCH3 is 1. The van der Waals surface area contributed by atoms with Crippen molar-refractivity contribution in [1.29, 1.82) is 0 Å². The largest absolute Gasteiger partial charge is 0.497 e. The Bertz CT molecular complexity index is 419. The zero-order chi connectivity index (χ0) is 12.6. The maximum Gasteiger partial charge on any atom is 0.119 e. The summed E-state index contributed by atoms with van der Waals surface area (Å²) in [5, 5.41) is 3.41. The van der Waals surface area contributed by atoms with Crippen molar-refractivity contribution in [2.45, 2.75) is 25.7 Å². The number of nitrogens with one attached hydrogen (secondary N) is 1. The number of ether oxygens (including phenoxy) is 1. The molecule has 2 aliphatic rings. The van der Waals surface area contributed by atoms with E-state index in [2.05, 4.69) is 30.6 Å². The SMILES string of the molecule is CNCC1(Cc2cccc(OC)c2)CC2CC2C1. The van der Waals surface area contributed by atoms with Crippen molar-refractivity contribution in [2.24, 2.45) is 17.3 Å². The number of rotatable bonds is 5. The molecule has 18 heavy (non-hydrogen) atoms. The molecule has 0 radical (unpaired) electrons. The summed E-state index contributed by atoms with van der Waals surface area (Å²) in [5.41, 5.74) is 1.92. The van der Waals surface area contributed by atoms with Crippen LogP contribution in [0.25, 0.3) is 0 Å². The lowest BCUT2D eigenvalue weighted by Crippen LogP contribution is -2.33. The second-order valence-corrected chi connectivity index (χ2v) is 6.22. The summed E-state index contributed by atoms with van der Waals surface area (Å²) in [5.74, 6) is 3.04. The fourth-order valence-electron chi connectivity index (χ4n) is 3.95. The van der Waals surface area contributed by atoms with Crippen molar-refractivity contribution in [3.8, 4) is 5.75 Å². The van der Waals surface area contributed by atoms with E-state index in [9.17, 15) is 0 Å². The molecule has 98 valence electrons. The van der Waals surface area contributed by atoms with Gasteiger partial charge in [-0.15, -0.1) is 0 Å². The Morgan fingerprint density at radius 2 is 2.11 bits per heavy atom. The Morgan fingerprint density at radius 3 is 2.78 bits per heavy atom. The Hall–Kier alpha value is -1.02. The predicted octanol–water partition coefficient (Wildman–Crippen LogP) is 2.87. The average Bonchev–Trinajstić information content (AvgIpc) is 2.98.